The number of carboxylic acids is 1. The van der Waals surface area contributed by atoms with Crippen LogP contribution in [0, 0.1) is 17.8 Å². The first-order chi connectivity index (χ1) is 7.68. The van der Waals surface area contributed by atoms with Gasteiger partial charge >= 0.3 is 5.97 Å². The van der Waals surface area contributed by atoms with Gasteiger partial charge in [-0.2, -0.15) is 0 Å². The highest BCUT2D eigenvalue weighted by atomic mass is 16.4. The number of Topliss-reactive ketones (excluding diaryl/α,β-unsaturated/α-hetero) is 1. The predicted octanol–water partition coefficient (Wildman–Crippen LogP) is 2.64. The lowest BCUT2D eigenvalue weighted by atomic mass is 9.77. The van der Waals surface area contributed by atoms with Crippen LogP contribution in [0.5, 0.6) is 0 Å². The van der Waals surface area contributed by atoms with Crippen LogP contribution in [0.25, 0.3) is 0 Å². The summed E-state index contributed by atoms with van der Waals surface area (Å²) in [6.45, 7) is 0. The van der Waals surface area contributed by atoms with E-state index in [2.05, 4.69) is 0 Å². The van der Waals surface area contributed by atoms with Crippen LogP contribution in [0.3, 0.4) is 0 Å². The summed E-state index contributed by atoms with van der Waals surface area (Å²) < 4.78 is 0. The molecule has 0 bridgehead atoms. The Labute approximate surface area is 96.2 Å². The minimum absolute atomic E-state index is 0.165. The Bertz CT molecular complexity index is 271. The largest absolute Gasteiger partial charge is 0.481 e. The van der Waals surface area contributed by atoms with Crippen molar-refractivity contribution < 1.29 is 14.7 Å². The van der Waals surface area contributed by atoms with Gasteiger partial charge in [0.2, 0.25) is 0 Å². The molecule has 90 valence electrons. The maximum absolute atomic E-state index is 12.1. The lowest BCUT2D eigenvalue weighted by molar-refractivity contribution is -0.144. The molecule has 0 aromatic heterocycles. The molecule has 3 heteroatoms. The predicted molar refractivity (Wildman–Crippen MR) is 60.0 cm³/mol. The van der Waals surface area contributed by atoms with Gasteiger partial charge in [-0.05, 0) is 38.5 Å². The highest BCUT2D eigenvalue weighted by Gasteiger charge is 2.33. The molecule has 0 aromatic carbocycles. The fraction of sp³-hybridized carbons (Fsp3) is 0.846. The van der Waals surface area contributed by atoms with Gasteiger partial charge in [-0.15, -0.1) is 0 Å². The number of ketones is 1. The maximum atomic E-state index is 12.1. The van der Waals surface area contributed by atoms with Gasteiger partial charge in [0, 0.05) is 11.8 Å². The molecule has 3 nitrogen and oxygen atoms in total. The van der Waals surface area contributed by atoms with Crippen molar-refractivity contribution in [1.29, 1.82) is 0 Å². The zero-order valence-corrected chi connectivity index (χ0v) is 9.65. The minimum atomic E-state index is -0.688. The van der Waals surface area contributed by atoms with E-state index in [0.717, 1.165) is 25.7 Å². The average Bonchev–Trinajstić information content (AvgIpc) is 2.81. The van der Waals surface area contributed by atoms with Crippen LogP contribution < -0.4 is 0 Å². The first kappa shape index (κ1) is 11.6. The van der Waals surface area contributed by atoms with Crippen molar-refractivity contribution in [2.75, 3.05) is 0 Å². The molecule has 2 aliphatic carbocycles. The quantitative estimate of drug-likeness (QED) is 0.801. The van der Waals surface area contributed by atoms with E-state index in [1.807, 2.05) is 0 Å². The van der Waals surface area contributed by atoms with E-state index < -0.39 is 5.97 Å². The van der Waals surface area contributed by atoms with E-state index in [-0.39, 0.29) is 11.8 Å². The molecular formula is C13H20O3. The topological polar surface area (TPSA) is 54.4 Å². The van der Waals surface area contributed by atoms with Gasteiger partial charge in [0.1, 0.15) is 5.78 Å². The normalized spacial score (nSPS) is 31.5. The molecule has 0 amide bonds. The third kappa shape index (κ3) is 2.45. The summed E-state index contributed by atoms with van der Waals surface area (Å²) >= 11 is 0. The van der Waals surface area contributed by atoms with Gasteiger partial charge in [0.15, 0.2) is 0 Å². The van der Waals surface area contributed by atoms with Crippen LogP contribution in [0.15, 0.2) is 0 Å². The fourth-order valence-corrected chi connectivity index (χ4v) is 3.17. The lowest BCUT2D eigenvalue weighted by Crippen LogP contribution is -2.28. The molecular weight excluding hydrogens is 204 g/mol. The molecule has 0 spiro atoms. The van der Waals surface area contributed by atoms with Crippen molar-refractivity contribution in [2.24, 2.45) is 17.8 Å². The fourth-order valence-electron chi connectivity index (χ4n) is 3.17. The second-order valence-electron chi connectivity index (χ2n) is 5.27. The Balaban J connectivity index is 1.84. The smallest absolute Gasteiger partial charge is 0.306 e. The summed E-state index contributed by atoms with van der Waals surface area (Å²) in [6, 6.07) is 0. The molecule has 0 aromatic rings. The van der Waals surface area contributed by atoms with Crippen LogP contribution in [-0.4, -0.2) is 16.9 Å². The van der Waals surface area contributed by atoms with Crippen molar-refractivity contribution in [3.63, 3.8) is 0 Å². The maximum Gasteiger partial charge on any atom is 0.306 e. The average molecular weight is 224 g/mol. The molecule has 0 saturated heterocycles. The standard InChI is InChI=1S/C13H20O3/c14-12(9-3-1-2-4-9)10-5-7-11(8-6-10)13(15)16/h9-11H,1-8H2,(H,15,16)/t10-,11-. The van der Waals surface area contributed by atoms with Crippen molar-refractivity contribution in [2.45, 2.75) is 51.4 Å². The molecule has 1 N–H and O–H groups in total. The first-order valence-corrected chi connectivity index (χ1v) is 6.45. The third-order valence-corrected chi connectivity index (χ3v) is 4.24. The molecule has 16 heavy (non-hydrogen) atoms. The lowest BCUT2D eigenvalue weighted by Gasteiger charge is -2.26. The molecule has 0 radical (unpaired) electrons. The Morgan fingerprint density at radius 2 is 1.19 bits per heavy atom. The number of carboxylic acid groups (broad SMARTS) is 1. The summed E-state index contributed by atoms with van der Waals surface area (Å²) in [7, 11) is 0. The van der Waals surface area contributed by atoms with Gasteiger partial charge in [0.05, 0.1) is 5.92 Å². The van der Waals surface area contributed by atoms with Crippen molar-refractivity contribution >= 4 is 11.8 Å². The van der Waals surface area contributed by atoms with E-state index in [9.17, 15) is 9.59 Å². The van der Waals surface area contributed by atoms with Gasteiger partial charge in [-0.25, -0.2) is 0 Å². The molecule has 0 heterocycles. The van der Waals surface area contributed by atoms with Crippen LogP contribution >= 0.6 is 0 Å². The summed E-state index contributed by atoms with van der Waals surface area (Å²) in [6.07, 6.45) is 7.51. The summed E-state index contributed by atoms with van der Waals surface area (Å²) in [5.41, 5.74) is 0. The van der Waals surface area contributed by atoms with Gasteiger partial charge < -0.3 is 5.11 Å². The summed E-state index contributed by atoms with van der Waals surface area (Å²) in [4.78, 5) is 22.9. The number of carbonyl (C=O) groups excluding carboxylic acids is 1. The number of aliphatic carboxylic acids is 1. The summed E-state index contributed by atoms with van der Waals surface area (Å²) in [5, 5.41) is 8.89. The second kappa shape index (κ2) is 4.98. The second-order valence-corrected chi connectivity index (χ2v) is 5.27. The third-order valence-electron chi connectivity index (χ3n) is 4.24. The Kier molecular flexibility index (Phi) is 3.62. The van der Waals surface area contributed by atoms with Crippen LogP contribution in [0.4, 0.5) is 0 Å². The molecule has 2 fully saturated rings. The summed E-state index contributed by atoms with van der Waals surface area (Å²) in [5.74, 6) is 0.00538. The molecule has 2 aliphatic rings. The highest BCUT2D eigenvalue weighted by Crippen LogP contribution is 2.35. The molecule has 2 saturated carbocycles. The van der Waals surface area contributed by atoms with E-state index in [1.165, 1.54) is 12.8 Å². The zero-order valence-electron chi connectivity index (χ0n) is 9.65. The Morgan fingerprint density at radius 1 is 0.750 bits per heavy atom. The van der Waals surface area contributed by atoms with E-state index in [4.69, 9.17) is 5.11 Å². The monoisotopic (exact) mass is 224 g/mol. The van der Waals surface area contributed by atoms with Crippen molar-refractivity contribution in [3.8, 4) is 0 Å². The van der Waals surface area contributed by atoms with Crippen LogP contribution in [0.2, 0.25) is 0 Å². The van der Waals surface area contributed by atoms with Crippen molar-refractivity contribution in [1.82, 2.24) is 0 Å². The van der Waals surface area contributed by atoms with Gasteiger partial charge in [-0.3, -0.25) is 9.59 Å². The molecule has 0 atom stereocenters. The number of carbonyl (C=O) groups is 2. The molecule has 0 aliphatic heterocycles. The highest BCUT2D eigenvalue weighted by molar-refractivity contribution is 5.84. The first-order valence-electron chi connectivity index (χ1n) is 6.45. The Morgan fingerprint density at radius 3 is 1.69 bits per heavy atom. The van der Waals surface area contributed by atoms with E-state index in [0.29, 0.717) is 24.5 Å². The molecule has 2 rings (SSSR count). The number of hydrogen-bond donors (Lipinski definition) is 1. The Hall–Kier alpha value is -0.860. The SMILES string of the molecule is O=C(O)[C@H]1CC[C@H](C(=O)C2CCCC2)CC1. The molecule has 0 unspecified atom stereocenters. The number of hydrogen-bond acceptors (Lipinski definition) is 2. The van der Waals surface area contributed by atoms with E-state index >= 15 is 0 Å². The minimum Gasteiger partial charge on any atom is -0.481 e. The van der Waals surface area contributed by atoms with Crippen LogP contribution in [-0.2, 0) is 9.59 Å². The van der Waals surface area contributed by atoms with E-state index in [1.54, 1.807) is 0 Å². The van der Waals surface area contributed by atoms with Gasteiger partial charge in [-0.1, -0.05) is 12.8 Å². The van der Waals surface area contributed by atoms with Gasteiger partial charge in [0.25, 0.3) is 0 Å². The number of rotatable bonds is 3. The van der Waals surface area contributed by atoms with Crippen molar-refractivity contribution in [3.05, 3.63) is 0 Å². The van der Waals surface area contributed by atoms with Crippen LogP contribution in [0.1, 0.15) is 51.4 Å². The zero-order chi connectivity index (χ0) is 11.5.